The Morgan fingerprint density at radius 2 is 1.95 bits per heavy atom. The van der Waals surface area contributed by atoms with Crippen molar-refractivity contribution in [1.82, 2.24) is 15.5 Å². The van der Waals surface area contributed by atoms with Gasteiger partial charge in [-0.2, -0.15) is 0 Å². The van der Waals surface area contributed by atoms with Crippen LogP contribution in [0.3, 0.4) is 0 Å². The van der Waals surface area contributed by atoms with E-state index < -0.39 is 0 Å². The van der Waals surface area contributed by atoms with Gasteiger partial charge in [-0.05, 0) is 32.9 Å². The van der Waals surface area contributed by atoms with Gasteiger partial charge in [-0.25, -0.2) is 0 Å². The molecule has 0 bridgehead atoms. The molecule has 7 heteroatoms. The summed E-state index contributed by atoms with van der Waals surface area (Å²) in [5.74, 6) is 0.740. The standard InChI is InChI=1S/C15H29N3O2.2ClH/c1-18(2)13(12-6-4-3-5-7-12)10-17-15(19)14-11-16-8-9-20-14;;/h12-14,16H,3-11H2,1-2H3,(H,17,19);2*1H/t13?,14-;;/m1../s1. The summed E-state index contributed by atoms with van der Waals surface area (Å²) >= 11 is 0. The van der Waals surface area contributed by atoms with Crippen LogP contribution in [0.4, 0.5) is 0 Å². The van der Waals surface area contributed by atoms with Gasteiger partial charge >= 0.3 is 0 Å². The number of nitrogens with zero attached hydrogens (tertiary/aromatic N) is 1. The number of carbonyl (C=O) groups excluding carboxylic acids is 1. The van der Waals surface area contributed by atoms with E-state index in [2.05, 4.69) is 29.6 Å². The molecule has 5 nitrogen and oxygen atoms in total. The van der Waals surface area contributed by atoms with E-state index in [0.29, 0.717) is 25.1 Å². The number of rotatable bonds is 5. The van der Waals surface area contributed by atoms with Crippen LogP contribution in [-0.2, 0) is 9.53 Å². The fourth-order valence-corrected chi connectivity index (χ4v) is 3.34. The van der Waals surface area contributed by atoms with Gasteiger partial charge < -0.3 is 20.3 Å². The number of nitrogens with one attached hydrogen (secondary N) is 2. The first kappa shape index (κ1) is 21.9. The molecule has 22 heavy (non-hydrogen) atoms. The molecule has 1 saturated heterocycles. The maximum absolute atomic E-state index is 12.1. The highest BCUT2D eigenvalue weighted by atomic mass is 35.5. The van der Waals surface area contributed by atoms with Crippen LogP contribution in [0.1, 0.15) is 32.1 Å². The lowest BCUT2D eigenvalue weighted by Crippen LogP contribution is -2.51. The minimum atomic E-state index is -0.321. The summed E-state index contributed by atoms with van der Waals surface area (Å²) in [6, 6.07) is 0.441. The smallest absolute Gasteiger partial charge is 0.250 e. The fourth-order valence-electron chi connectivity index (χ4n) is 3.34. The Kier molecular flexibility index (Phi) is 11.4. The number of ether oxygens (including phenoxy) is 1. The molecule has 1 unspecified atom stereocenters. The lowest BCUT2D eigenvalue weighted by Gasteiger charge is -2.35. The molecule has 1 amide bonds. The van der Waals surface area contributed by atoms with Crippen molar-refractivity contribution in [3.63, 3.8) is 0 Å². The van der Waals surface area contributed by atoms with Crippen molar-refractivity contribution in [3.8, 4) is 0 Å². The van der Waals surface area contributed by atoms with Crippen molar-refractivity contribution in [3.05, 3.63) is 0 Å². The summed E-state index contributed by atoms with van der Waals surface area (Å²) in [6.45, 7) is 2.82. The third-order valence-corrected chi connectivity index (χ3v) is 4.56. The quantitative estimate of drug-likeness (QED) is 0.783. The molecule has 0 aromatic carbocycles. The van der Waals surface area contributed by atoms with Gasteiger partial charge in [0.1, 0.15) is 6.10 Å². The summed E-state index contributed by atoms with van der Waals surface area (Å²) in [5.41, 5.74) is 0. The van der Waals surface area contributed by atoms with E-state index in [1.54, 1.807) is 0 Å². The van der Waals surface area contributed by atoms with Crippen molar-refractivity contribution in [2.45, 2.75) is 44.2 Å². The molecule has 0 spiro atoms. The van der Waals surface area contributed by atoms with Gasteiger partial charge in [-0.3, -0.25) is 4.79 Å². The summed E-state index contributed by atoms with van der Waals surface area (Å²) < 4.78 is 5.49. The molecule has 132 valence electrons. The third-order valence-electron chi connectivity index (χ3n) is 4.56. The predicted octanol–water partition coefficient (Wildman–Crippen LogP) is 1.45. The van der Waals surface area contributed by atoms with Gasteiger partial charge in [-0.15, -0.1) is 24.8 Å². The van der Waals surface area contributed by atoms with Crippen LogP contribution in [0.5, 0.6) is 0 Å². The summed E-state index contributed by atoms with van der Waals surface area (Å²) in [7, 11) is 4.23. The summed E-state index contributed by atoms with van der Waals surface area (Å²) in [5, 5.41) is 6.28. The van der Waals surface area contributed by atoms with Crippen LogP contribution in [-0.4, -0.2) is 63.3 Å². The molecule has 1 saturated carbocycles. The molecule has 2 rings (SSSR count). The Bertz CT molecular complexity index is 307. The van der Waals surface area contributed by atoms with E-state index in [9.17, 15) is 4.79 Å². The van der Waals surface area contributed by atoms with Crippen molar-refractivity contribution >= 4 is 30.7 Å². The van der Waals surface area contributed by atoms with Gasteiger partial charge in [-0.1, -0.05) is 19.3 Å². The van der Waals surface area contributed by atoms with Crippen molar-refractivity contribution in [1.29, 1.82) is 0 Å². The molecule has 1 aliphatic heterocycles. The zero-order valence-corrected chi connectivity index (χ0v) is 15.3. The van der Waals surface area contributed by atoms with E-state index in [4.69, 9.17) is 4.74 Å². The first-order valence-corrected chi connectivity index (χ1v) is 7.95. The monoisotopic (exact) mass is 355 g/mol. The highest BCUT2D eigenvalue weighted by molar-refractivity contribution is 5.85. The summed E-state index contributed by atoms with van der Waals surface area (Å²) in [6.07, 6.45) is 6.29. The minimum Gasteiger partial charge on any atom is -0.366 e. The Balaban J connectivity index is 0.00000220. The lowest BCUT2D eigenvalue weighted by atomic mass is 9.83. The highest BCUT2D eigenvalue weighted by Gasteiger charge is 2.27. The minimum absolute atomic E-state index is 0. The number of hydrogen-bond donors (Lipinski definition) is 2. The topological polar surface area (TPSA) is 53.6 Å². The van der Waals surface area contributed by atoms with E-state index in [0.717, 1.165) is 13.1 Å². The third kappa shape index (κ3) is 6.59. The van der Waals surface area contributed by atoms with E-state index in [-0.39, 0.29) is 36.8 Å². The molecule has 0 radical (unpaired) electrons. The van der Waals surface area contributed by atoms with E-state index >= 15 is 0 Å². The first-order valence-electron chi connectivity index (χ1n) is 7.95. The van der Waals surface area contributed by atoms with Crippen LogP contribution < -0.4 is 10.6 Å². The molecule has 2 N–H and O–H groups in total. The van der Waals surface area contributed by atoms with Crippen molar-refractivity contribution in [2.24, 2.45) is 5.92 Å². The first-order chi connectivity index (χ1) is 9.68. The lowest BCUT2D eigenvalue weighted by molar-refractivity contribution is -0.134. The Hall–Kier alpha value is -0.0700. The van der Waals surface area contributed by atoms with Gasteiger partial charge in [0.25, 0.3) is 5.91 Å². The zero-order valence-electron chi connectivity index (χ0n) is 13.7. The number of hydrogen-bond acceptors (Lipinski definition) is 4. The van der Waals surface area contributed by atoms with E-state index in [1.165, 1.54) is 32.1 Å². The molecule has 0 aromatic heterocycles. The average molecular weight is 356 g/mol. The predicted molar refractivity (Wildman–Crippen MR) is 94.2 cm³/mol. The number of likely N-dealkylation sites (N-methyl/N-ethyl adjacent to an activating group) is 1. The summed E-state index contributed by atoms with van der Waals surface area (Å²) in [4.78, 5) is 14.4. The van der Waals surface area contributed by atoms with Crippen LogP contribution in [0.25, 0.3) is 0 Å². The molecule has 1 heterocycles. The molecule has 2 aliphatic rings. The van der Waals surface area contributed by atoms with Crippen LogP contribution in [0.2, 0.25) is 0 Å². The molecular formula is C15H31Cl2N3O2. The van der Waals surface area contributed by atoms with Crippen LogP contribution in [0.15, 0.2) is 0 Å². The van der Waals surface area contributed by atoms with Crippen LogP contribution in [0, 0.1) is 5.92 Å². The van der Waals surface area contributed by atoms with Crippen molar-refractivity contribution < 1.29 is 9.53 Å². The van der Waals surface area contributed by atoms with Crippen molar-refractivity contribution in [2.75, 3.05) is 40.3 Å². The Morgan fingerprint density at radius 1 is 1.27 bits per heavy atom. The molecule has 2 fully saturated rings. The van der Waals surface area contributed by atoms with Gasteiger partial charge in [0.2, 0.25) is 0 Å². The van der Waals surface area contributed by atoms with Crippen LogP contribution >= 0.6 is 24.8 Å². The average Bonchev–Trinajstić information content (AvgIpc) is 2.49. The maximum atomic E-state index is 12.1. The van der Waals surface area contributed by atoms with Gasteiger partial charge in [0.15, 0.2) is 0 Å². The van der Waals surface area contributed by atoms with Gasteiger partial charge in [0, 0.05) is 25.7 Å². The number of amides is 1. The fraction of sp³-hybridized carbons (Fsp3) is 0.933. The Labute approximate surface area is 146 Å². The molecule has 0 aromatic rings. The zero-order chi connectivity index (χ0) is 14.4. The highest BCUT2D eigenvalue weighted by Crippen LogP contribution is 2.28. The normalized spacial score (nSPS) is 24.0. The molecule has 2 atom stereocenters. The Morgan fingerprint density at radius 3 is 2.50 bits per heavy atom. The number of halogens is 2. The number of carbonyl (C=O) groups is 1. The second-order valence-corrected chi connectivity index (χ2v) is 6.24. The number of morpholine rings is 1. The second kappa shape index (κ2) is 11.5. The molecular weight excluding hydrogens is 325 g/mol. The van der Waals surface area contributed by atoms with Gasteiger partial charge in [0.05, 0.1) is 6.61 Å². The molecule has 1 aliphatic carbocycles. The second-order valence-electron chi connectivity index (χ2n) is 6.24. The van der Waals surface area contributed by atoms with E-state index in [1.807, 2.05) is 0 Å². The largest absolute Gasteiger partial charge is 0.366 e. The SMILES string of the molecule is CN(C)C(CNC(=O)[C@H]1CNCCO1)C1CCCCC1.Cl.Cl. The maximum Gasteiger partial charge on any atom is 0.250 e.